The number of aromatic nitrogens is 1. The zero-order chi connectivity index (χ0) is 14.9. The van der Waals surface area contributed by atoms with E-state index in [0.717, 1.165) is 19.6 Å². The normalized spacial score (nSPS) is 18.3. The highest BCUT2D eigenvalue weighted by atomic mass is 15.1. The van der Waals surface area contributed by atoms with Crippen molar-refractivity contribution in [2.45, 2.75) is 19.0 Å². The van der Waals surface area contributed by atoms with Crippen LogP contribution in [0.15, 0.2) is 67.4 Å². The van der Waals surface area contributed by atoms with Crippen molar-refractivity contribution in [3.8, 4) is 0 Å². The van der Waals surface area contributed by atoms with Gasteiger partial charge in [0, 0.05) is 42.7 Å². The first-order valence-electron chi connectivity index (χ1n) is 7.83. The summed E-state index contributed by atoms with van der Waals surface area (Å²) >= 11 is 0. The number of aromatic amines is 1. The van der Waals surface area contributed by atoms with E-state index in [0.29, 0.717) is 5.92 Å². The van der Waals surface area contributed by atoms with E-state index < -0.39 is 0 Å². The Morgan fingerprint density at radius 3 is 2.82 bits per heavy atom. The van der Waals surface area contributed by atoms with E-state index >= 15 is 0 Å². The molecule has 4 rings (SSSR count). The van der Waals surface area contributed by atoms with Crippen LogP contribution in [-0.4, -0.2) is 16.4 Å². The summed E-state index contributed by atoms with van der Waals surface area (Å²) in [6.45, 7) is 7.05. The molecule has 1 atom stereocenters. The summed E-state index contributed by atoms with van der Waals surface area (Å²) in [6, 6.07) is 17.3. The largest absolute Gasteiger partial charge is 0.361 e. The summed E-state index contributed by atoms with van der Waals surface area (Å²) in [6.07, 6.45) is 4.25. The van der Waals surface area contributed by atoms with E-state index in [1.54, 1.807) is 0 Å². The number of hydrogen-bond donors (Lipinski definition) is 1. The van der Waals surface area contributed by atoms with Crippen LogP contribution in [0.1, 0.15) is 22.6 Å². The van der Waals surface area contributed by atoms with Crippen LogP contribution in [0.5, 0.6) is 0 Å². The third kappa shape index (κ3) is 2.26. The van der Waals surface area contributed by atoms with E-state index in [1.165, 1.54) is 27.6 Å². The van der Waals surface area contributed by atoms with Gasteiger partial charge in [0.1, 0.15) is 0 Å². The van der Waals surface area contributed by atoms with Gasteiger partial charge in [-0.25, -0.2) is 0 Å². The molecule has 1 aliphatic heterocycles. The molecule has 1 aliphatic rings. The minimum absolute atomic E-state index is 0.376. The minimum atomic E-state index is 0.376. The van der Waals surface area contributed by atoms with E-state index in [4.69, 9.17) is 0 Å². The highest BCUT2D eigenvalue weighted by Gasteiger charge is 2.23. The fourth-order valence-corrected chi connectivity index (χ4v) is 3.56. The number of nitrogens with one attached hydrogen (secondary N) is 1. The first-order chi connectivity index (χ1) is 10.8. The van der Waals surface area contributed by atoms with Gasteiger partial charge in [0.05, 0.1) is 0 Å². The first-order valence-corrected chi connectivity index (χ1v) is 7.83. The maximum atomic E-state index is 4.07. The molecule has 2 heteroatoms. The fraction of sp³-hybridized carbons (Fsp3) is 0.200. The average Bonchev–Trinajstić information content (AvgIpc) is 2.91. The van der Waals surface area contributed by atoms with Crippen LogP contribution in [-0.2, 0) is 13.1 Å². The van der Waals surface area contributed by atoms with Crippen LogP contribution in [0.2, 0.25) is 0 Å². The van der Waals surface area contributed by atoms with Crippen molar-refractivity contribution in [1.29, 1.82) is 0 Å². The molecular formula is C20H20N2. The highest BCUT2D eigenvalue weighted by molar-refractivity contribution is 5.87. The molecule has 2 nitrogen and oxygen atoms in total. The third-order valence-electron chi connectivity index (χ3n) is 4.60. The number of benzene rings is 2. The molecule has 0 amide bonds. The summed E-state index contributed by atoms with van der Waals surface area (Å²) < 4.78 is 0. The summed E-state index contributed by atoms with van der Waals surface area (Å²) in [5, 5.41) is 1.39. The van der Waals surface area contributed by atoms with E-state index in [-0.39, 0.29) is 0 Å². The van der Waals surface area contributed by atoms with Crippen molar-refractivity contribution < 1.29 is 0 Å². The number of nitrogens with zero attached hydrogens (tertiary/aromatic N) is 1. The van der Waals surface area contributed by atoms with Crippen molar-refractivity contribution in [3.63, 3.8) is 0 Å². The molecule has 0 spiro atoms. The predicted octanol–water partition coefficient (Wildman–Crippen LogP) is 4.45. The van der Waals surface area contributed by atoms with Crippen LogP contribution in [0, 0.1) is 0 Å². The molecule has 2 heterocycles. The average molecular weight is 288 g/mol. The molecule has 0 saturated carbocycles. The molecule has 0 radical (unpaired) electrons. The minimum Gasteiger partial charge on any atom is -0.361 e. The molecule has 2 aromatic carbocycles. The van der Waals surface area contributed by atoms with Gasteiger partial charge in [-0.2, -0.15) is 0 Å². The SMILES string of the molecule is C=C[C@H]1CN(Cc2ccccc2)Cc2cccc3[nH]cc1c23. The zero-order valence-corrected chi connectivity index (χ0v) is 12.6. The molecule has 1 aromatic heterocycles. The number of hydrogen-bond acceptors (Lipinski definition) is 1. The summed E-state index contributed by atoms with van der Waals surface area (Å²) in [5.41, 5.74) is 5.40. The van der Waals surface area contributed by atoms with E-state index in [2.05, 4.69) is 77.3 Å². The fourth-order valence-electron chi connectivity index (χ4n) is 3.56. The van der Waals surface area contributed by atoms with Gasteiger partial charge >= 0.3 is 0 Å². The molecule has 0 aliphatic carbocycles. The lowest BCUT2D eigenvalue weighted by Gasteiger charge is -2.23. The maximum Gasteiger partial charge on any atom is 0.0460 e. The summed E-state index contributed by atoms with van der Waals surface area (Å²) in [5.74, 6) is 0.376. The highest BCUT2D eigenvalue weighted by Crippen LogP contribution is 2.34. The van der Waals surface area contributed by atoms with Gasteiger partial charge in [0.25, 0.3) is 0 Å². The van der Waals surface area contributed by atoms with Gasteiger partial charge in [-0.05, 0) is 22.8 Å². The molecule has 3 aromatic rings. The third-order valence-corrected chi connectivity index (χ3v) is 4.60. The Morgan fingerprint density at radius 1 is 1.14 bits per heavy atom. The van der Waals surface area contributed by atoms with Gasteiger partial charge in [-0.3, -0.25) is 4.90 Å². The van der Waals surface area contributed by atoms with Gasteiger partial charge in [-0.15, -0.1) is 6.58 Å². The Morgan fingerprint density at radius 2 is 2.00 bits per heavy atom. The molecule has 0 bridgehead atoms. The smallest absolute Gasteiger partial charge is 0.0460 e. The first kappa shape index (κ1) is 13.4. The Labute approximate surface area is 131 Å². The maximum absolute atomic E-state index is 4.07. The van der Waals surface area contributed by atoms with Gasteiger partial charge in [0.2, 0.25) is 0 Å². The predicted molar refractivity (Wildman–Crippen MR) is 91.8 cm³/mol. The van der Waals surface area contributed by atoms with Crippen molar-refractivity contribution in [3.05, 3.63) is 84.1 Å². The standard InChI is InChI=1S/C20H20N2/c1-2-16-13-22(12-15-7-4-3-5-8-15)14-17-9-6-10-19-20(17)18(16)11-21-19/h2-11,16,21H,1,12-14H2/t16-/m0/s1. The quantitative estimate of drug-likeness (QED) is 0.705. The lowest BCUT2D eigenvalue weighted by atomic mass is 9.97. The van der Waals surface area contributed by atoms with Gasteiger partial charge in [0.15, 0.2) is 0 Å². The summed E-state index contributed by atoms with van der Waals surface area (Å²) in [7, 11) is 0. The monoisotopic (exact) mass is 288 g/mol. The number of rotatable bonds is 3. The Bertz CT molecular complexity index is 801. The molecule has 110 valence electrons. The van der Waals surface area contributed by atoms with Crippen LogP contribution in [0.25, 0.3) is 10.9 Å². The second-order valence-corrected chi connectivity index (χ2v) is 6.08. The second-order valence-electron chi connectivity index (χ2n) is 6.08. The van der Waals surface area contributed by atoms with Crippen molar-refractivity contribution >= 4 is 10.9 Å². The summed E-state index contributed by atoms with van der Waals surface area (Å²) in [4.78, 5) is 5.93. The number of H-pyrrole nitrogens is 1. The van der Waals surface area contributed by atoms with Crippen LogP contribution >= 0.6 is 0 Å². The van der Waals surface area contributed by atoms with Crippen molar-refractivity contribution in [2.75, 3.05) is 6.54 Å². The molecular weight excluding hydrogens is 268 g/mol. The van der Waals surface area contributed by atoms with E-state index in [1.807, 2.05) is 0 Å². The van der Waals surface area contributed by atoms with Crippen molar-refractivity contribution in [2.24, 2.45) is 0 Å². The topological polar surface area (TPSA) is 19.0 Å². The van der Waals surface area contributed by atoms with Crippen LogP contribution in [0.3, 0.4) is 0 Å². The lowest BCUT2D eigenvalue weighted by molar-refractivity contribution is 0.255. The zero-order valence-electron chi connectivity index (χ0n) is 12.6. The van der Waals surface area contributed by atoms with Crippen molar-refractivity contribution in [1.82, 2.24) is 9.88 Å². The van der Waals surface area contributed by atoms with E-state index in [9.17, 15) is 0 Å². The molecule has 22 heavy (non-hydrogen) atoms. The Balaban J connectivity index is 1.73. The Kier molecular flexibility index (Phi) is 3.32. The van der Waals surface area contributed by atoms with Gasteiger partial charge < -0.3 is 4.98 Å². The molecule has 0 unspecified atom stereocenters. The van der Waals surface area contributed by atoms with Gasteiger partial charge in [-0.1, -0.05) is 48.5 Å². The molecule has 0 saturated heterocycles. The molecule has 0 fully saturated rings. The van der Waals surface area contributed by atoms with Crippen LogP contribution < -0.4 is 0 Å². The second kappa shape index (κ2) is 5.47. The Hall–Kier alpha value is -2.32. The lowest BCUT2D eigenvalue weighted by Crippen LogP contribution is -2.25. The van der Waals surface area contributed by atoms with Crippen LogP contribution in [0.4, 0.5) is 0 Å². The molecule has 1 N–H and O–H groups in total.